The zero-order valence-corrected chi connectivity index (χ0v) is 15.2. The third-order valence-corrected chi connectivity index (χ3v) is 5.33. The van der Waals surface area contributed by atoms with E-state index >= 15 is 0 Å². The van der Waals surface area contributed by atoms with Crippen molar-refractivity contribution in [2.75, 3.05) is 6.61 Å². The van der Waals surface area contributed by atoms with Crippen molar-refractivity contribution in [3.05, 3.63) is 46.9 Å². The number of nitrogens with one attached hydrogen (secondary N) is 2. The van der Waals surface area contributed by atoms with Crippen LogP contribution in [0.1, 0.15) is 35.5 Å². The Bertz CT molecular complexity index is 909. The third kappa shape index (κ3) is 3.25. The molecule has 1 aromatic heterocycles. The van der Waals surface area contributed by atoms with Crippen LogP contribution in [-0.4, -0.2) is 34.5 Å². The number of amides is 2. The summed E-state index contributed by atoms with van der Waals surface area (Å²) in [5.41, 5.74) is -0.0722. The number of nitrogens with zero attached hydrogens (tertiary/aromatic N) is 1. The van der Waals surface area contributed by atoms with Crippen LogP contribution in [0.2, 0.25) is 5.02 Å². The smallest absolute Gasteiger partial charge is 0.289 e. The molecule has 0 atom stereocenters. The van der Waals surface area contributed by atoms with Gasteiger partial charge in [0.1, 0.15) is 11.6 Å². The van der Waals surface area contributed by atoms with E-state index < -0.39 is 5.82 Å². The van der Waals surface area contributed by atoms with Crippen LogP contribution in [0, 0.1) is 12.7 Å². The number of halogens is 2. The van der Waals surface area contributed by atoms with Gasteiger partial charge in [-0.3, -0.25) is 9.59 Å². The van der Waals surface area contributed by atoms with Gasteiger partial charge in [0.25, 0.3) is 11.8 Å². The minimum atomic E-state index is -0.603. The number of carbonyl (C=O) groups excluding carboxylic acids is 2. The monoisotopic (exact) mass is 393 g/mol. The first-order chi connectivity index (χ1) is 12.8. The van der Waals surface area contributed by atoms with Crippen molar-refractivity contribution < 1.29 is 23.1 Å². The van der Waals surface area contributed by atoms with Crippen LogP contribution < -0.4 is 15.4 Å². The average Bonchev–Trinajstić information content (AvgIpc) is 2.99. The number of aryl methyl sites for hydroxylation is 1. The number of ether oxygens (including phenoxy) is 1. The number of hydrogen-bond acceptors (Lipinski definition) is 5. The van der Waals surface area contributed by atoms with Crippen LogP contribution in [0.4, 0.5) is 4.39 Å². The average molecular weight is 394 g/mol. The predicted molar refractivity (Wildman–Crippen MR) is 93.1 cm³/mol. The van der Waals surface area contributed by atoms with Gasteiger partial charge in [-0.15, -0.1) is 0 Å². The second kappa shape index (κ2) is 6.23. The van der Waals surface area contributed by atoms with Crippen molar-refractivity contribution in [1.29, 1.82) is 0 Å². The lowest BCUT2D eigenvalue weighted by Crippen LogP contribution is -2.84. The Morgan fingerprint density at radius 2 is 2.00 bits per heavy atom. The second-order valence-corrected chi connectivity index (χ2v) is 7.63. The highest BCUT2D eigenvalue weighted by molar-refractivity contribution is 6.30. The molecule has 2 aromatic rings. The molecule has 9 heteroatoms. The van der Waals surface area contributed by atoms with Crippen LogP contribution in [0.3, 0.4) is 0 Å². The van der Waals surface area contributed by atoms with Gasteiger partial charge in [-0.2, -0.15) is 0 Å². The summed E-state index contributed by atoms with van der Waals surface area (Å²) in [6.07, 6.45) is 3.20. The zero-order valence-electron chi connectivity index (χ0n) is 14.5. The van der Waals surface area contributed by atoms with Crippen molar-refractivity contribution in [2.24, 2.45) is 0 Å². The van der Waals surface area contributed by atoms with E-state index in [1.54, 1.807) is 6.92 Å². The number of hydrogen-bond donors (Lipinski definition) is 2. The van der Waals surface area contributed by atoms with Crippen LogP contribution >= 0.6 is 11.6 Å². The molecule has 3 aliphatic rings. The van der Waals surface area contributed by atoms with E-state index in [9.17, 15) is 14.0 Å². The molecule has 142 valence electrons. The van der Waals surface area contributed by atoms with Gasteiger partial charge in [0.15, 0.2) is 13.0 Å². The van der Waals surface area contributed by atoms with Gasteiger partial charge in [0, 0.05) is 17.1 Å². The van der Waals surface area contributed by atoms with Gasteiger partial charge in [-0.05, 0) is 38.3 Å². The zero-order chi connectivity index (χ0) is 19.2. The van der Waals surface area contributed by atoms with Gasteiger partial charge in [0.05, 0.1) is 10.7 Å². The summed E-state index contributed by atoms with van der Waals surface area (Å²) < 4.78 is 23.7. The Morgan fingerprint density at radius 3 is 2.63 bits per heavy atom. The molecular weight excluding hydrogens is 377 g/mol. The van der Waals surface area contributed by atoms with Gasteiger partial charge in [-0.25, -0.2) is 9.37 Å². The highest BCUT2D eigenvalue weighted by Gasteiger charge is 2.69. The number of rotatable bonds is 6. The molecule has 3 fully saturated rings. The van der Waals surface area contributed by atoms with E-state index in [0.717, 1.165) is 6.07 Å². The van der Waals surface area contributed by atoms with Crippen molar-refractivity contribution in [3.8, 4) is 5.75 Å². The van der Waals surface area contributed by atoms with Gasteiger partial charge < -0.3 is 19.8 Å². The Kier molecular flexibility index (Phi) is 4.10. The molecule has 1 heterocycles. The summed E-state index contributed by atoms with van der Waals surface area (Å²) in [5.74, 6) is -0.750. The number of carbonyl (C=O) groups is 2. The fraction of sp³-hybridized carbons (Fsp3) is 0.389. The highest BCUT2D eigenvalue weighted by Crippen LogP contribution is 2.60. The molecule has 3 aliphatic carbocycles. The topological polar surface area (TPSA) is 93.5 Å². The molecular formula is C18H17ClFN3O4. The van der Waals surface area contributed by atoms with Crippen LogP contribution in [-0.2, 0) is 4.79 Å². The summed E-state index contributed by atoms with van der Waals surface area (Å²) in [6, 6.07) is 4.00. The standard InChI is InChI=1S/C18H17ClFN3O4/c1-10-15(27-9-21-10)16(25)23-18-6-17(7-18,8-18)22-14(24)5-26-11-2-3-12(19)13(20)4-11/h2-4,9H,5-8H2,1H3,(H,22,24)(H,23,25). The molecule has 0 aliphatic heterocycles. The van der Waals surface area contributed by atoms with Crippen molar-refractivity contribution >= 4 is 23.4 Å². The summed E-state index contributed by atoms with van der Waals surface area (Å²) >= 11 is 5.60. The number of aromatic nitrogens is 1. The van der Waals surface area contributed by atoms with Crippen LogP contribution in [0.5, 0.6) is 5.75 Å². The Morgan fingerprint density at radius 1 is 1.30 bits per heavy atom. The molecule has 0 saturated heterocycles. The molecule has 27 heavy (non-hydrogen) atoms. The van der Waals surface area contributed by atoms with E-state index in [0.29, 0.717) is 25.0 Å². The Labute approximate surface area is 159 Å². The summed E-state index contributed by atoms with van der Waals surface area (Å²) in [7, 11) is 0. The lowest BCUT2D eigenvalue weighted by Gasteiger charge is -2.70. The maximum atomic E-state index is 13.4. The number of benzene rings is 1. The summed E-state index contributed by atoms with van der Waals surface area (Å²) in [4.78, 5) is 28.2. The van der Waals surface area contributed by atoms with Crippen molar-refractivity contribution in [1.82, 2.24) is 15.6 Å². The first-order valence-electron chi connectivity index (χ1n) is 8.41. The molecule has 1 aromatic carbocycles. The molecule has 2 bridgehead atoms. The summed E-state index contributed by atoms with van der Waals surface area (Å²) in [6.45, 7) is 1.48. The summed E-state index contributed by atoms with van der Waals surface area (Å²) in [5, 5.41) is 5.88. The molecule has 0 unspecified atom stereocenters. The largest absolute Gasteiger partial charge is 0.484 e. The molecule has 5 rings (SSSR count). The van der Waals surface area contributed by atoms with Crippen LogP contribution in [0.15, 0.2) is 29.0 Å². The SMILES string of the molecule is Cc1ncoc1C(=O)NC12CC(NC(=O)COc3ccc(Cl)c(F)c3)(C1)C2. The molecule has 7 nitrogen and oxygen atoms in total. The third-order valence-electron chi connectivity index (χ3n) is 5.03. The highest BCUT2D eigenvalue weighted by atomic mass is 35.5. The Hall–Kier alpha value is -2.61. The van der Waals surface area contributed by atoms with E-state index in [1.807, 2.05) is 0 Å². The van der Waals surface area contributed by atoms with E-state index in [4.69, 9.17) is 20.8 Å². The fourth-order valence-electron chi connectivity index (χ4n) is 3.92. The maximum absolute atomic E-state index is 13.4. The van der Waals surface area contributed by atoms with Crippen molar-refractivity contribution in [3.63, 3.8) is 0 Å². The van der Waals surface area contributed by atoms with Gasteiger partial charge in [0.2, 0.25) is 5.76 Å². The maximum Gasteiger partial charge on any atom is 0.289 e. The molecule has 2 amide bonds. The Balaban J connectivity index is 1.24. The van der Waals surface area contributed by atoms with Gasteiger partial charge in [-0.1, -0.05) is 11.6 Å². The lowest BCUT2D eigenvalue weighted by atomic mass is 9.44. The molecule has 3 saturated carbocycles. The first kappa shape index (κ1) is 17.8. The quantitative estimate of drug-likeness (QED) is 0.786. The predicted octanol–water partition coefficient (Wildman–Crippen LogP) is 2.38. The van der Waals surface area contributed by atoms with E-state index in [2.05, 4.69) is 15.6 Å². The lowest BCUT2D eigenvalue weighted by molar-refractivity contribution is -0.141. The molecule has 0 spiro atoms. The van der Waals surface area contributed by atoms with Crippen LogP contribution in [0.25, 0.3) is 0 Å². The molecule has 2 N–H and O–H groups in total. The number of oxazole rings is 1. The minimum absolute atomic E-state index is 0.00598. The minimum Gasteiger partial charge on any atom is -0.484 e. The fourth-order valence-corrected chi connectivity index (χ4v) is 4.04. The van der Waals surface area contributed by atoms with Gasteiger partial charge >= 0.3 is 0 Å². The first-order valence-corrected chi connectivity index (χ1v) is 8.79. The van der Waals surface area contributed by atoms with Crippen molar-refractivity contribution in [2.45, 2.75) is 37.3 Å². The second-order valence-electron chi connectivity index (χ2n) is 7.22. The van der Waals surface area contributed by atoms with E-state index in [-0.39, 0.29) is 46.0 Å². The normalized spacial score (nSPS) is 25.1. The molecule has 0 radical (unpaired) electrons. The van der Waals surface area contributed by atoms with E-state index in [1.165, 1.54) is 18.5 Å².